The molecule has 4 N–H and O–H groups in total. The molecule has 0 spiro atoms. The van der Waals surface area contributed by atoms with Gasteiger partial charge in [0.1, 0.15) is 24.7 Å². The van der Waals surface area contributed by atoms with Crippen LogP contribution in [0.15, 0.2) is 91.0 Å². The predicted molar refractivity (Wildman–Crippen MR) is 144 cm³/mol. The molecule has 0 aliphatic carbocycles. The van der Waals surface area contributed by atoms with E-state index in [4.69, 9.17) is 15.2 Å². The number of benzene rings is 4. The van der Waals surface area contributed by atoms with E-state index in [1.54, 1.807) is 36.4 Å². The average Bonchev–Trinajstić information content (AvgIpc) is 2.91. The van der Waals surface area contributed by atoms with E-state index in [1.165, 1.54) is 0 Å². The van der Waals surface area contributed by atoms with E-state index in [1.807, 2.05) is 54.6 Å². The molecule has 0 unspecified atom stereocenters. The predicted octanol–water partition coefficient (Wildman–Crippen LogP) is 5.22. The van der Waals surface area contributed by atoms with Crippen molar-refractivity contribution in [3.8, 4) is 22.6 Å². The highest BCUT2D eigenvalue weighted by Gasteiger charge is 2.11. The van der Waals surface area contributed by atoms with E-state index in [-0.39, 0.29) is 26.1 Å². The molecule has 0 aromatic heterocycles. The molecule has 0 saturated carbocycles. The molecule has 0 saturated heterocycles. The van der Waals surface area contributed by atoms with Gasteiger partial charge in [-0.3, -0.25) is 9.59 Å². The second-order valence-electron chi connectivity index (χ2n) is 8.88. The summed E-state index contributed by atoms with van der Waals surface area (Å²) in [5.74, 6) is -0.812. The van der Waals surface area contributed by atoms with Gasteiger partial charge in [-0.2, -0.15) is 0 Å². The van der Waals surface area contributed by atoms with Crippen LogP contribution in [0.5, 0.6) is 11.5 Å². The molecule has 4 aromatic carbocycles. The molecule has 0 radical (unpaired) electrons. The summed E-state index contributed by atoms with van der Waals surface area (Å²) < 4.78 is 12.1. The second kappa shape index (κ2) is 12.6. The maximum Gasteiger partial charge on any atom is 0.307 e. The van der Waals surface area contributed by atoms with Crippen LogP contribution in [0, 0.1) is 0 Å². The SMILES string of the molecule is NCc1cccc(-c2cc(COc3ccccc3CC(=O)O)cc(COc3ccccc3CC(=O)O)c2)c1. The van der Waals surface area contributed by atoms with Crippen LogP contribution in [-0.2, 0) is 42.2 Å². The van der Waals surface area contributed by atoms with Crippen molar-refractivity contribution >= 4 is 11.9 Å². The number of para-hydroxylation sites is 2. The van der Waals surface area contributed by atoms with Crippen LogP contribution in [0.1, 0.15) is 27.8 Å². The van der Waals surface area contributed by atoms with Gasteiger partial charge in [0.05, 0.1) is 12.8 Å². The second-order valence-corrected chi connectivity index (χ2v) is 8.88. The molecular weight excluding hydrogens is 482 g/mol. The zero-order chi connectivity index (χ0) is 26.9. The van der Waals surface area contributed by atoms with Crippen LogP contribution in [0.4, 0.5) is 0 Å². The monoisotopic (exact) mass is 511 g/mol. The number of nitrogens with two attached hydrogens (primary N) is 1. The number of carboxylic acids is 2. The normalized spacial score (nSPS) is 10.7. The molecule has 0 amide bonds. The van der Waals surface area contributed by atoms with Crippen molar-refractivity contribution in [3.05, 3.63) is 119 Å². The maximum atomic E-state index is 11.3. The number of hydrogen-bond acceptors (Lipinski definition) is 5. The molecule has 0 aliphatic heterocycles. The molecule has 7 heteroatoms. The first-order valence-electron chi connectivity index (χ1n) is 12.2. The molecule has 194 valence electrons. The number of carbonyl (C=O) groups is 2. The highest BCUT2D eigenvalue weighted by Crippen LogP contribution is 2.27. The van der Waals surface area contributed by atoms with Crippen LogP contribution in [0.3, 0.4) is 0 Å². The lowest BCUT2D eigenvalue weighted by atomic mass is 9.98. The molecule has 0 heterocycles. The largest absolute Gasteiger partial charge is 0.489 e. The fraction of sp³-hybridized carbons (Fsp3) is 0.161. The van der Waals surface area contributed by atoms with Crippen molar-refractivity contribution in [2.24, 2.45) is 5.73 Å². The zero-order valence-corrected chi connectivity index (χ0v) is 20.8. The third kappa shape index (κ3) is 7.21. The fourth-order valence-electron chi connectivity index (χ4n) is 4.20. The lowest BCUT2D eigenvalue weighted by Gasteiger charge is -2.15. The summed E-state index contributed by atoms with van der Waals surface area (Å²) in [6.45, 7) is 0.876. The molecule has 7 nitrogen and oxygen atoms in total. The number of aliphatic carboxylic acids is 2. The van der Waals surface area contributed by atoms with E-state index < -0.39 is 11.9 Å². The van der Waals surface area contributed by atoms with Gasteiger partial charge in [-0.1, -0.05) is 54.6 Å². The number of carboxylic acid groups (broad SMARTS) is 2. The Hall–Kier alpha value is -4.62. The topological polar surface area (TPSA) is 119 Å². The number of hydrogen-bond donors (Lipinski definition) is 3. The molecule has 38 heavy (non-hydrogen) atoms. The van der Waals surface area contributed by atoms with Gasteiger partial charge < -0.3 is 25.4 Å². The Morgan fingerprint density at radius 2 is 1.11 bits per heavy atom. The van der Waals surface area contributed by atoms with Crippen LogP contribution >= 0.6 is 0 Å². The average molecular weight is 512 g/mol. The zero-order valence-electron chi connectivity index (χ0n) is 20.8. The summed E-state index contributed by atoms with van der Waals surface area (Å²) >= 11 is 0. The van der Waals surface area contributed by atoms with Crippen molar-refractivity contribution in [2.45, 2.75) is 32.6 Å². The summed E-state index contributed by atoms with van der Waals surface area (Å²) in [4.78, 5) is 22.5. The number of rotatable bonds is 12. The lowest BCUT2D eigenvalue weighted by molar-refractivity contribution is -0.137. The van der Waals surface area contributed by atoms with Gasteiger partial charge in [-0.25, -0.2) is 0 Å². The van der Waals surface area contributed by atoms with Crippen LogP contribution in [0.25, 0.3) is 11.1 Å². The van der Waals surface area contributed by atoms with Gasteiger partial charge in [-0.05, 0) is 64.2 Å². The minimum absolute atomic E-state index is 0.128. The first-order valence-corrected chi connectivity index (χ1v) is 12.2. The van der Waals surface area contributed by atoms with Crippen molar-refractivity contribution in [1.29, 1.82) is 0 Å². The summed E-state index contributed by atoms with van der Waals surface area (Å²) in [6, 6.07) is 28.2. The third-order valence-electron chi connectivity index (χ3n) is 5.97. The van der Waals surface area contributed by atoms with Gasteiger partial charge in [0, 0.05) is 17.7 Å². The van der Waals surface area contributed by atoms with Crippen LogP contribution in [0.2, 0.25) is 0 Å². The fourth-order valence-corrected chi connectivity index (χ4v) is 4.20. The lowest BCUT2D eigenvalue weighted by Crippen LogP contribution is -2.06. The van der Waals surface area contributed by atoms with Gasteiger partial charge >= 0.3 is 11.9 Å². The summed E-state index contributed by atoms with van der Waals surface area (Å²) in [6.07, 6.45) is -0.256. The van der Waals surface area contributed by atoms with Crippen molar-refractivity contribution in [2.75, 3.05) is 0 Å². The first kappa shape index (κ1) is 26.4. The molecule has 0 fully saturated rings. The highest BCUT2D eigenvalue weighted by molar-refractivity contribution is 5.72. The number of ether oxygens (including phenoxy) is 2. The minimum atomic E-state index is -0.926. The Morgan fingerprint density at radius 3 is 1.61 bits per heavy atom. The van der Waals surface area contributed by atoms with E-state index >= 15 is 0 Å². The van der Waals surface area contributed by atoms with Gasteiger partial charge in [0.15, 0.2) is 0 Å². The molecule has 4 rings (SSSR count). The van der Waals surface area contributed by atoms with Gasteiger partial charge in [0.2, 0.25) is 0 Å². The van der Waals surface area contributed by atoms with Crippen LogP contribution < -0.4 is 15.2 Å². The summed E-state index contributed by atoms with van der Waals surface area (Å²) in [7, 11) is 0. The van der Waals surface area contributed by atoms with Crippen LogP contribution in [-0.4, -0.2) is 22.2 Å². The Bertz CT molecular complexity index is 1350. The molecule has 0 atom stereocenters. The Labute approximate surface area is 221 Å². The van der Waals surface area contributed by atoms with Crippen molar-refractivity contribution < 1.29 is 29.3 Å². The Morgan fingerprint density at radius 1 is 0.605 bits per heavy atom. The standard InChI is InChI=1S/C31H29NO6/c32-18-21-6-5-9-24(13-21)27-14-22(19-37-28-10-3-1-7-25(28)16-30(33)34)12-23(15-27)20-38-29-11-4-2-8-26(29)17-31(35)36/h1-15H,16-20,32H2,(H,33,34)(H,35,36). The van der Waals surface area contributed by atoms with Gasteiger partial charge in [-0.15, -0.1) is 0 Å². The van der Waals surface area contributed by atoms with Gasteiger partial charge in [0.25, 0.3) is 0 Å². The van der Waals surface area contributed by atoms with E-state index in [0.717, 1.165) is 27.8 Å². The Balaban J connectivity index is 1.62. The molecule has 0 bridgehead atoms. The Kier molecular flexibility index (Phi) is 8.74. The maximum absolute atomic E-state index is 11.3. The van der Waals surface area contributed by atoms with Crippen molar-refractivity contribution in [3.63, 3.8) is 0 Å². The highest BCUT2D eigenvalue weighted by atomic mass is 16.5. The summed E-state index contributed by atoms with van der Waals surface area (Å²) in [5, 5.41) is 18.5. The van der Waals surface area contributed by atoms with E-state index in [0.29, 0.717) is 29.2 Å². The molecule has 4 aromatic rings. The molecular formula is C31H29NO6. The quantitative estimate of drug-likeness (QED) is 0.238. The smallest absolute Gasteiger partial charge is 0.307 e. The van der Waals surface area contributed by atoms with E-state index in [9.17, 15) is 19.8 Å². The van der Waals surface area contributed by atoms with Crippen molar-refractivity contribution in [1.82, 2.24) is 0 Å². The molecule has 0 aliphatic rings. The first-order chi connectivity index (χ1) is 18.4. The van der Waals surface area contributed by atoms with E-state index in [2.05, 4.69) is 0 Å². The minimum Gasteiger partial charge on any atom is -0.489 e. The third-order valence-corrected chi connectivity index (χ3v) is 5.97. The summed E-state index contributed by atoms with van der Waals surface area (Å²) in [5.41, 5.74) is 11.8.